The van der Waals surface area contributed by atoms with Crippen LogP contribution in [0, 0.1) is 5.92 Å². The van der Waals surface area contributed by atoms with Crippen molar-refractivity contribution in [1.82, 2.24) is 10.2 Å². The van der Waals surface area contributed by atoms with Gasteiger partial charge in [0.1, 0.15) is 0 Å². The summed E-state index contributed by atoms with van der Waals surface area (Å²) in [5, 5.41) is 3.23. The molecule has 154 valence electrons. The van der Waals surface area contributed by atoms with E-state index < -0.39 is 0 Å². The Morgan fingerprint density at radius 3 is 2.10 bits per heavy atom. The fourth-order valence-electron chi connectivity index (χ4n) is 4.69. The van der Waals surface area contributed by atoms with Crippen LogP contribution in [0.4, 0.5) is 5.69 Å². The average molecular weight is 392 g/mol. The van der Waals surface area contributed by atoms with Crippen molar-refractivity contribution in [2.45, 2.75) is 38.1 Å². The van der Waals surface area contributed by atoms with E-state index in [0.29, 0.717) is 6.04 Å². The molecule has 1 heterocycles. The molecule has 1 aliphatic carbocycles. The quantitative estimate of drug-likeness (QED) is 0.802. The number of nitrogens with one attached hydrogen (secondary N) is 1. The largest absolute Gasteiger partial charge is 0.369 e. The first-order chi connectivity index (χ1) is 14.3. The summed E-state index contributed by atoms with van der Waals surface area (Å²) < 4.78 is 0. The minimum Gasteiger partial charge on any atom is -0.369 e. The van der Waals surface area contributed by atoms with Crippen LogP contribution in [0.3, 0.4) is 0 Å². The van der Waals surface area contributed by atoms with Crippen molar-refractivity contribution >= 4 is 11.6 Å². The Kier molecular flexibility index (Phi) is 6.83. The van der Waals surface area contributed by atoms with Gasteiger partial charge in [-0.25, -0.2) is 0 Å². The number of carbonyl (C=O) groups is 1. The Bertz CT molecular complexity index is 748. The van der Waals surface area contributed by atoms with Crippen molar-refractivity contribution in [2.24, 2.45) is 5.92 Å². The van der Waals surface area contributed by atoms with E-state index in [2.05, 4.69) is 45.4 Å². The van der Waals surface area contributed by atoms with Crippen LogP contribution in [-0.4, -0.2) is 49.6 Å². The minimum absolute atomic E-state index is 0.0744. The molecule has 4 heteroatoms. The third kappa shape index (κ3) is 5.60. The fourth-order valence-corrected chi connectivity index (χ4v) is 4.69. The Morgan fingerprint density at radius 2 is 1.45 bits per heavy atom. The van der Waals surface area contributed by atoms with Gasteiger partial charge < -0.3 is 10.2 Å². The first-order valence-corrected chi connectivity index (χ1v) is 11.2. The molecule has 2 aromatic rings. The molecule has 1 amide bonds. The number of nitrogens with zero attached hydrogens (tertiary/aromatic N) is 2. The first kappa shape index (κ1) is 20.0. The summed E-state index contributed by atoms with van der Waals surface area (Å²) in [5.41, 5.74) is 2.12. The van der Waals surface area contributed by atoms with E-state index in [0.717, 1.165) is 50.5 Å². The molecule has 1 saturated heterocycles. The number of anilines is 1. The molecular weight excluding hydrogens is 358 g/mol. The number of piperazine rings is 1. The number of hydrogen-bond acceptors (Lipinski definition) is 3. The lowest BCUT2D eigenvalue weighted by Gasteiger charge is -2.37. The summed E-state index contributed by atoms with van der Waals surface area (Å²) in [7, 11) is 0. The van der Waals surface area contributed by atoms with E-state index in [1.165, 1.54) is 31.5 Å². The van der Waals surface area contributed by atoms with Crippen LogP contribution < -0.4 is 10.2 Å². The van der Waals surface area contributed by atoms with Gasteiger partial charge in [-0.2, -0.15) is 0 Å². The Morgan fingerprint density at radius 1 is 0.828 bits per heavy atom. The van der Waals surface area contributed by atoms with Crippen molar-refractivity contribution in [3.05, 3.63) is 66.2 Å². The molecule has 1 saturated carbocycles. The molecule has 4 nitrogen and oxygen atoms in total. The van der Waals surface area contributed by atoms with Crippen LogP contribution in [0.25, 0.3) is 0 Å². The highest BCUT2D eigenvalue weighted by atomic mass is 16.1. The smallest absolute Gasteiger partial charge is 0.251 e. The van der Waals surface area contributed by atoms with E-state index in [-0.39, 0.29) is 5.91 Å². The predicted octanol–water partition coefficient (Wildman–Crippen LogP) is 4.19. The summed E-state index contributed by atoms with van der Waals surface area (Å²) >= 11 is 0. The maximum atomic E-state index is 12.3. The monoisotopic (exact) mass is 391 g/mol. The second-order valence-corrected chi connectivity index (χ2v) is 8.51. The zero-order valence-electron chi connectivity index (χ0n) is 17.3. The van der Waals surface area contributed by atoms with E-state index in [1.807, 2.05) is 30.3 Å². The van der Waals surface area contributed by atoms with E-state index >= 15 is 0 Å². The molecule has 4 rings (SSSR count). The zero-order chi connectivity index (χ0) is 19.9. The third-order valence-corrected chi connectivity index (χ3v) is 6.57. The van der Waals surface area contributed by atoms with Gasteiger partial charge in [-0.15, -0.1) is 0 Å². The van der Waals surface area contributed by atoms with Crippen LogP contribution in [0.5, 0.6) is 0 Å². The highest BCUT2D eigenvalue weighted by Gasteiger charge is 2.24. The lowest BCUT2D eigenvalue weighted by molar-refractivity contribution is 0.0919. The van der Waals surface area contributed by atoms with Gasteiger partial charge in [0, 0.05) is 43.5 Å². The van der Waals surface area contributed by atoms with Crippen molar-refractivity contribution in [2.75, 3.05) is 37.6 Å². The van der Waals surface area contributed by atoms with Gasteiger partial charge in [-0.3, -0.25) is 9.69 Å². The molecule has 0 atom stereocenters. The van der Waals surface area contributed by atoms with Crippen LogP contribution in [-0.2, 0) is 0 Å². The van der Waals surface area contributed by atoms with Gasteiger partial charge in [0.15, 0.2) is 0 Å². The Hall–Kier alpha value is -2.33. The number of carbonyl (C=O) groups excluding carboxylic acids is 1. The lowest BCUT2D eigenvalue weighted by atomic mass is 9.84. The molecule has 2 fully saturated rings. The fraction of sp³-hybridized carbons (Fsp3) is 0.480. The minimum atomic E-state index is 0.0744. The second kappa shape index (κ2) is 9.93. The van der Waals surface area contributed by atoms with Crippen LogP contribution in [0.1, 0.15) is 42.5 Å². The van der Waals surface area contributed by atoms with Crippen LogP contribution in [0.15, 0.2) is 60.7 Å². The number of benzene rings is 2. The lowest BCUT2D eigenvalue weighted by Crippen LogP contribution is -2.47. The van der Waals surface area contributed by atoms with E-state index in [1.54, 1.807) is 0 Å². The van der Waals surface area contributed by atoms with Crippen molar-refractivity contribution in [3.63, 3.8) is 0 Å². The summed E-state index contributed by atoms with van der Waals surface area (Å²) in [6, 6.07) is 20.7. The maximum absolute atomic E-state index is 12.3. The standard InChI is InChI=1S/C25H33N3O/c29-25(22-7-3-1-4-8-22)26-23-13-11-21(12-14-23)15-16-27-17-19-28(20-18-27)24-9-5-2-6-10-24/h1-10,21,23H,11-20H2,(H,26,29). The Labute approximate surface area is 174 Å². The van der Waals surface area contributed by atoms with Gasteiger partial charge in [0.2, 0.25) is 0 Å². The predicted molar refractivity (Wildman–Crippen MR) is 119 cm³/mol. The summed E-state index contributed by atoms with van der Waals surface area (Å²) in [6.07, 6.45) is 6.01. The normalized spacial score (nSPS) is 23.0. The SMILES string of the molecule is O=C(NC1CCC(CCN2CCN(c3ccccc3)CC2)CC1)c1ccccc1. The van der Waals surface area contributed by atoms with E-state index in [4.69, 9.17) is 0 Å². The van der Waals surface area contributed by atoms with Gasteiger partial charge >= 0.3 is 0 Å². The molecule has 2 aromatic carbocycles. The molecule has 1 aliphatic heterocycles. The van der Waals surface area contributed by atoms with Gasteiger partial charge in [0.05, 0.1) is 0 Å². The molecule has 0 spiro atoms. The molecule has 2 aliphatic rings. The van der Waals surface area contributed by atoms with Crippen molar-refractivity contribution < 1.29 is 4.79 Å². The molecule has 1 N–H and O–H groups in total. The summed E-state index contributed by atoms with van der Waals surface area (Å²) in [6.45, 7) is 5.80. The molecule has 0 radical (unpaired) electrons. The Balaban J connectivity index is 1.13. The number of rotatable bonds is 6. The van der Waals surface area contributed by atoms with Crippen LogP contribution >= 0.6 is 0 Å². The molecule has 0 aromatic heterocycles. The highest BCUT2D eigenvalue weighted by molar-refractivity contribution is 5.94. The molecule has 0 bridgehead atoms. The number of para-hydroxylation sites is 1. The van der Waals surface area contributed by atoms with Crippen molar-refractivity contribution in [1.29, 1.82) is 0 Å². The second-order valence-electron chi connectivity index (χ2n) is 8.51. The highest BCUT2D eigenvalue weighted by Crippen LogP contribution is 2.27. The zero-order valence-corrected chi connectivity index (χ0v) is 17.3. The molecule has 29 heavy (non-hydrogen) atoms. The van der Waals surface area contributed by atoms with Crippen molar-refractivity contribution in [3.8, 4) is 0 Å². The van der Waals surface area contributed by atoms with Gasteiger partial charge in [-0.1, -0.05) is 36.4 Å². The van der Waals surface area contributed by atoms with E-state index in [9.17, 15) is 4.79 Å². The third-order valence-electron chi connectivity index (χ3n) is 6.57. The maximum Gasteiger partial charge on any atom is 0.251 e. The number of hydrogen-bond donors (Lipinski definition) is 1. The number of amides is 1. The first-order valence-electron chi connectivity index (χ1n) is 11.2. The summed E-state index contributed by atoms with van der Waals surface area (Å²) in [5.74, 6) is 0.886. The average Bonchev–Trinajstić information content (AvgIpc) is 2.80. The molecule has 0 unspecified atom stereocenters. The van der Waals surface area contributed by atoms with Gasteiger partial charge in [0.25, 0.3) is 5.91 Å². The summed E-state index contributed by atoms with van der Waals surface area (Å²) in [4.78, 5) is 17.5. The van der Waals surface area contributed by atoms with Crippen LogP contribution in [0.2, 0.25) is 0 Å². The van der Waals surface area contributed by atoms with Gasteiger partial charge in [-0.05, 0) is 68.8 Å². The topological polar surface area (TPSA) is 35.6 Å². The molecular formula is C25H33N3O.